The Morgan fingerprint density at radius 2 is 2.09 bits per heavy atom. The van der Waals surface area contributed by atoms with Crippen LogP contribution in [0.5, 0.6) is 0 Å². The predicted octanol–water partition coefficient (Wildman–Crippen LogP) is 0.823. The van der Waals surface area contributed by atoms with Crippen molar-refractivity contribution in [3.8, 4) is 0 Å². The van der Waals surface area contributed by atoms with Crippen molar-refractivity contribution in [2.24, 2.45) is 0 Å². The first-order valence-corrected chi connectivity index (χ1v) is 6.31. The van der Waals surface area contributed by atoms with Crippen molar-refractivity contribution in [3.05, 3.63) is 35.0 Å². The third-order valence-corrected chi connectivity index (χ3v) is 3.63. The van der Waals surface area contributed by atoms with Gasteiger partial charge in [0.25, 0.3) is 0 Å². The van der Waals surface area contributed by atoms with E-state index in [0.717, 1.165) is 16.5 Å². The van der Waals surface area contributed by atoms with E-state index in [0.29, 0.717) is 24.2 Å². The number of benzene rings is 1. The van der Waals surface area contributed by atoms with Gasteiger partial charge in [0.2, 0.25) is 0 Å². The molecule has 22 heavy (non-hydrogen) atoms. The van der Waals surface area contributed by atoms with Gasteiger partial charge in [-0.25, -0.2) is 4.79 Å². The van der Waals surface area contributed by atoms with Gasteiger partial charge in [0, 0.05) is 23.1 Å². The van der Waals surface area contributed by atoms with Crippen LogP contribution in [0.25, 0.3) is 10.9 Å². The van der Waals surface area contributed by atoms with E-state index in [9.17, 15) is 14.7 Å². The van der Waals surface area contributed by atoms with Crippen LogP contribution in [0, 0.1) is 0 Å². The number of fused-ring (bicyclic) bond motifs is 3. The maximum atomic E-state index is 11.9. The number of halogens is 1. The lowest BCUT2D eigenvalue weighted by Crippen LogP contribution is -2.34. The fourth-order valence-electron chi connectivity index (χ4n) is 2.78. The van der Waals surface area contributed by atoms with E-state index in [1.165, 1.54) is 7.11 Å². The van der Waals surface area contributed by atoms with Gasteiger partial charge in [-0.3, -0.25) is 10.1 Å². The van der Waals surface area contributed by atoms with Gasteiger partial charge in [0.05, 0.1) is 12.7 Å². The molecule has 2 aromatic rings. The standard InChI is InChI=1S/C14H14N2O4.ClH.H2O/c1-20-14(19)8-3-2-4-9-10(8)7-5-6-15-12(13(17)18)11(7)16-9;;/h2-4,12,15-16H,5-6H2,1H3,(H,17,18);1H;1H2. The molecule has 1 atom stereocenters. The molecule has 0 saturated heterocycles. The lowest BCUT2D eigenvalue weighted by molar-refractivity contribution is -0.139. The number of carboxylic acids is 1. The van der Waals surface area contributed by atoms with E-state index in [4.69, 9.17) is 4.74 Å². The third kappa shape index (κ3) is 2.66. The average molecular weight is 329 g/mol. The van der Waals surface area contributed by atoms with Crippen molar-refractivity contribution in [3.63, 3.8) is 0 Å². The molecule has 3 rings (SSSR count). The molecule has 120 valence electrons. The third-order valence-electron chi connectivity index (χ3n) is 3.63. The van der Waals surface area contributed by atoms with E-state index < -0.39 is 18.0 Å². The molecule has 0 aliphatic carbocycles. The highest BCUT2D eigenvalue weighted by atomic mass is 35.5. The van der Waals surface area contributed by atoms with Crippen molar-refractivity contribution in [2.75, 3.05) is 13.7 Å². The van der Waals surface area contributed by atoms with Crippen LogP contribution in [0.15, 0.2) is 18.2 Å². The van der Waals surface area contributed by atoms with Crippen LogP contribution in [0.4, 0.5) is 0 Å². The number of aromatic nitrogens is 1. The Balaban J connectivity index is 0.00000121. The summed E-state index contributed by atoms with van der Waals surface area (Å²) < 4.78 is 4.79. The minimum absolute atomic E-state index is 0. The first-order valence-electron chi connectivity index (χ1n) is 6.31. The monoisotopic (exact) mass is 328 g/mol. The zero-order valence-corrected chi connectivity index (χ0v) is 12.6. The zero-order chi connectivity index (χ0) is 14.3. The molecule has 7 nitrogen and oxygen atoms in total. The SMILES string of the molecule is COC(=O)c1cccc2[nH]c3c(c12)CCNC3C(=O)O.Cl.O. The Kier molecular flexibility index (Phi) is 5.54. The Labute approximate surface area is 132 Å². The van der Waals surface area contributed by atoms with Crippen molar-refractivity contribution < 1.29 is 24.9 Å². The summed E-state index contributed by atoms with van der Waals surface area (Å²) in [4.78, 5) is 26.3. The second-order valence-corrected chi connectivity index (χ2v) is 4.71. The number of esters is 1. The summed E-state index contributed by atoms with van der Waals surface area (Å²) in [5.41, 5.74) is 2.73. The van der Waals surface area contributed by atoms with Gasteiger partial charge in [-0.2, -0.15) is 0 Å². The molecule has 2 heterocycles. The number of carbonyl (C=O) groups excluding carboxylic acids is 1. The van der Waals surface area contributed by atoms with Gasteiger partial charge in [0.15, 0.2) is 0 Å². The van der Waals surface area contributed by atoms with Gasteiger partial charge in [-0.15, -0.1) is 12.4 Å². The van der Waals surface area contributed by atoms with E-state index in [-0.39, 0.29) is 17.9 Å². The summed E-state index contributed by atoms with van der Waals surface area (Å²) in [6, 6.07) is 4.51. The topological polar surface area (TPSA) is 123 Å². The first-order chi connectivity index (χ1) is 9.63. The van der Waals surface area contributed by atoms with Crippen LogP contribution in [0.2, 0.25) is 0 Å². The van der Waals surface area contributed by atoms with E-state index >= 15 is 0 Å². The molecule has 0 spiro atoms. The van der Waals surface area contributed by atoms with Gasteiger partial charge >= 0.3 is 11.9 Å². The number of hydrogen-bond acceptors (Lipinski definition) is 4. The molecule has 0 bridgehead atoms. The molecule has 5 N–H and O–H groups in total. The maximum absolute atomic E-state index is 11.9. The summed E-state index contributed by atoms with van der Waals surface area (Å²) in [5, 5.41) is 13.0. The van der Waals surface area contributed by atoms with Gasteiger partial charge in [-0.1, -0.05) is 6.07 Å². The van der Waals surface area contributed by atoms with Crippen LogP contribution < -0.4 is 5.32 Å². The summed E-state index contributed by atoms with van der Waals surface area (Å²) in [5.74, 6) is -1.35. The molecule has 1 aliphatic rings. The van der Waals surface area contributed by atoms with Crippen LogP contribution >= 0.6 is 12.4 Å². The first kappa shape index (κ1) is 18.0. The average Bonchev–Trinajstić information content (AvgIpc) is 2.84. The molecule has 8 heteroatoms. The minimum atomic E-state index is -0.933. The molecule has 0 fully saturated rings. The lowest BCUT2D eigenvalue weighted by atomic mass is 9.97. The molecule has 0 radical (unpaired) electrons. The Morgan fingerprint density at radius 1 is 1.36 bits per heavy atom. The smallest absolute Gasteiger partial charge is 0.338 e. The molecular formula is C14H17ClN2O5. The van der Waals surface area contributed by atoms with Crippen LogP contribution in [-0.4, -0.2) is 41.2 Å². The Morgan fingerprint density at radius 3 is 2.73 bits per heavy atom. The van der Waals surface area contributed by atoms with Crippen molar-refractivity contribution in [1.29, 1.82) is 0 Å². The molecule has 1 unspecified atom stereocenters. The van der Waals surface area contributed by atoms with Crippen LogP contribution in [-0.2, 0) is 16.0 Å². The number of aliphatic carboxylic acids is 1. The summed E-state index contributed by atoms with van der Waals surface area (Å²) in [6.07, 6.45) is 0.674. The number of rotatable bonds is 2. The fourth-order valence-corrected chi connectivity index (χ4v) is 2.78. The number of methoxy groups -OCH3 is 1. The number of carbonyl (C=O) groups is 2. The number of ether oxygens (including phenoxy) is 1. The fraction of sp³-hybridized carbons (Fsp3) is 0.286. The predicted molar refractivity (Wildman–Crippen MR) is 82.6 cm³/mol. The van der Waals surface area contributed by atoms with Gasteiger partial charge in [0.1, 0.15) is 6.04 Å². The highest BCUT2D eigenvalue weighted by molar-refractivity contribution is 6.06. The second-order valence-electron chi connectivity index (χ2n) is 4.71. The number of H-pyrrole nitrogens is 1. The number of hydrogen-bond donors (Lipinski definition) is 3. The maximum Gasteiger partial charge on any atom is 0.338 e. The molecule has 0 saturated carbocycles. The number of nitrogens with one attached hydrogen (secondary N) is 2. The van der Waals surface area contributed by atoms with E-state index in [1.807, 2.05) is 6.07 Å². The highest BCUT2D eigenvalue weighted by Gasteiger charge is 2.30. The molecule has 1 aromatic heterocycles. The normalized spacial score (nSPS) is 16.1. The largest absolute Gasteiger partial charge is 0.480 e. The zero-order valence-electron chi connectivity index (χ0n) is 11.8. The van der Waals surface area contributed by atoms with Crippen molar-refractivity contribution in [1.82, 2.24) is 10.3 Å². The molecule has 0 amide bonds. The molecule has 1 aromatic carbocycles. The quantitative estimate of drug-likeness (QED) is 0.704. The van der Waals surface area contributed by atoms with E-state index in [1.54, 1.807) is 12.1 Å². The van der Waals surface area contributed by atoms with Crippen LogP contribution in [0.1, 0.15) is 27.7 Å². The summed E-state index contributed by atoms with van der Waals surface area (Å²) in [7, 11) is 1.34. The summed E-state index contributed by atoms with van der Waals surface area (Å²) in [6.45, 7) is 0.562. The number of aromatic amines is 1. The Bertz CT molecular complexity index is 713. The second kappa shape index (κ2) is 6.78. The Hall–Kier alpha value is -2.09. The number of carboxylic acid groups (broad SMARTS) is 1. The van der Waals surface area contributed by atoms with Crippen molar-refractivity contribution in [2.45, 2.75) is 12.5 Å². The molecule has 1 aliphatic heterocycles. The van der Waals surface area contributed by atoms with Gasteiger partial charge < -0.3 is 20.3 Å². The highest BCUT2D eigenvalue weighted by Crippen LogP contribution is 2.32. The molecular weight excluding hydrogens is 312 g/mol. The van der Waals surface area contributed by atoms with Crippen LogP contribution in [0.3, 0.4) is 0 Å². The van der Waals surface area contributed by atoms with Gasteiger partial charge in [-0.05, 0) is 24.1 Å². The van der Waals surface area contributed by atoms with Crippen molar-refractivity contribution >= 4 is 35.2 Å². The lowest BCUT2D eigenvalue weighted by Gasteiger charge is -2.20. The van der Waals surface area contributed by atoms with E-state index in [2.05, 4.69) is 10.3 Å². The minimum Gasteiger partial charge on any atom is -0.480 e. The summed E-state index contributed by atoms with van der Waals surface area (Å²) >= 11 is 0.